The lowest BCUT2D eigenvalue weighted by Gasteiger charge is -1.85. The molecule has 0 saturated heterocycles. The molecule has 0 heterocycles. The van der Waals surface area contributed by atoms with Crippen LogP contribution in [0.1, 0.15) is 6.92 Å². The molecule has 0 amide bonds. The molecule has 0 bridgehead atoms. The van der Waals surface area contributed by atoms with E-state index in [1.165, 1.54) is 0 Å². The molecule has 6 heavy (non-hydrogen) atoms. The van der Waals surface area contributed by atoms with Crippen LogP contribution < -0.4 is 5.73 Å². The Hall–Kier alpha value is -0.530. The predicted molar refractivity (Wildman–Crippen MR) is 27.0 cm³/mol. The van der Waals surface area contributed by atoms with E-state index in [2.05, 4.69) is 0 Å². The second-order valence-electron chi connectivity index (χ2n) is 1.54. The van der Waals surface area contributed by atoms with Crippen LogP contribution in [0.3, 0.4) is 0 Å². The molecule has 36 valence electrons. The molecule has 0 aliphatic heterocycles. The van der Waals surface area contributed by atoms with E-state index < -0.39 is 0 Å². The van der Waals surface area contributed by atoms with Crippen molar-refractivity contribution >= 4 is 5.84 Å². The Bertz CT molecular complexity index is 55.6. The molecule has 2 heteroatoms. The van der Waals surface area contributed by atoms with Gasteiger partial charge in [0.05, 0.1) is 14.1 Å². The number of hydrogen-bond donors (Lipinski definition) is 1. The van der Waals surface area contributed by atoms with Crippen molar-refractivity contribution in [2.75, 3.05) is 14.1 Å². The van der Waals surface area contributed by atoms with E-state index >= 15 is 0 Å². The summed E-state index contributed by atoms with van der Waals surface area (Å²) in [6.45, 7) is 1.86. The highest BCUT2D eigenvalue weighted by Crippen LogP contribution is 1.53. The summed E-state index contributed by atoms with van der Waals surface area (Å²) >= 11 is 0. The van der Waals surface area contributed by atoms with Crippen molar-refractivity contribution in [1.29, 1.82) is 0 Å². The van der Waals surface area contributed by atoms with E-state index in [0.717, 1.165) is 5.84 Å². The fraction of sp³-hybridized carbons (Fsp3) is 0.750. The van der Waals surface area contributed by atoms with Crippen molar-refractivity contribution in [3.05, 3.63) is 0 Å². The normalized spacial score (nSPS) is 7.83. The molecule has 0 saturated carbocycles. The van der Waals surface area contributed by atoms with Gasteiger partial charge in [0.25, 0.3) is 0 Å². The summed E-state index contributed by atoms with van der Waals surface area (Å²) < 4.78 is 1.86. The average molecular weight is 87.1 g/mol. The minimum absolute atomic E-state index is 0.843. The Balaban J connectivity index is 3.68. The Kier molecular flexibility index (Phi) is 1.64. The minimum atomic E-state index is 0.843. The molecule has 0 fully saturated rings. The number of nitrogens with two attached hydrogens (primary N) is 1. The first-order chi connectivity index (χ1) is 2.64. The molecule has 0 aliphatic carbocycles. The van der Waals surface area contributed by atoms with Gasteiger partial charge in [-0.25, -0.2) is 0 Å². The van der Waals surface area contributed by atoms with Crippen LogP contribution in [0.25, 0.3) is 0 Å². The highest BCUT2D eigenvalue weighted by Gasteiger charge is 1.81. The van der Waals surface area contributed by atoms with E-state index in [1.54, 1.807) is 0 Å². The third kappa shape index (κ3) is 1.76. The Morgan fingerprint density at radius 3 is 1.67 bits per heavy atom. The SMILES string of the molecule is CC(N)=[N+](C)C. The molecule has 0 unspecified atom stereocenters. The topological polar surface area (TPSA) is 29.0 Å². The highest BCUT2D eigenvalue weighted by atomic mass is 15.0. The molecule has 0 aromatic heterocycles. The van der Waals surface area contributed by atoms with Crippen molar-refractivity contribution in [2.24, 2.45) is 5.73 Å². The van der Waals surface area contributed by atoms with E-state index in [4.69, 9.17) is 5.73 Å². The first-order valence-corrected chi connectivity index (χ1v) is 1.91. The van der Waals surface area contributed by atoms with Crippen molar-refractivity contribution in [3.63, 3.8) is 0 Å². The van der Waals surface area contributed by atoms with E-state index in [0.29, 0.717) is 0 Å². The van der Waals surface area contributed by atoms with Gasteiger partial charge in [0.15, 0.2) is 0 Å². The smallest absolute Gasteiger partial charge is 0.238 e. The third-order valence-electron chi connectivity index (χ3n) is 0.705. The van der Waals surface area contributed by atoms with Gasteiger partial charge in [0.1, 0.15) is 0 Å². The lowest BCUT2D eigenvalue weighted by atomic mass is 10.7. The van der Waals surface area contributed by atoms with E-state index in [9.17, 15) is 0 Å². The summed E-state index contributed by atoms with van der Waals surface area (Å²) in [5.74, 6) is 0.843. The van der Waals surface area contributed by atoms with Crippen LogP contribution >= 0.6 is 0 Å². The lowest BCUT2D eigenvalue weighted by molar-refractivity contribution is -0.465. The Labute approximate surface area is 38.3 Å². The van der Waals surface area contributed by atoms with E-state index in [1.807, 2.05) is 25.6 Å². The standard InChI is InChI=1S/C4H10N2/c1-4(5)6(2)3/h5H,1-3H3/p+1. The minimum Gasteiger partial charge on any atom is -0.291 e. The van der Waals surface area contributed by atoms with Crippen molar-refractivity contribution in [1.82, 2.24) is 0 Å². The quantitative estimate of drug-likeness (QED) is 0.244. The molecule has 0 rings (SSSR count). The molecule has 0 aromatic rings. The van der Waals surface area contributed by atoms with Gasteiger partial charge in [-0.15, -0.1) is 0 Å². The third-order valence-corrected chi connectivity index (χ3v) is 0.705. The van der Waals surface area contributed by atoms with Gasteiger partial charge >= 0.3 is 0 Å². The fourth-order valence-electron chi connectivity index (χ4n) is 0. The fourth-order valence-corrected chi connectivity index (χ4v) is 0. The van der Waals surface area contributed by atoms with Crippen LogP contribution in [0.15, 0.2) is 0 Å². The maximum absolute atomic E-state index is 5.28. The molecular formula is C4H11N2+. The van der Waals surface area contributed by atoms with Gasteiger partial charge in [-0.05, 0) is 0 Å². The summed E-state index contributed by atoms with van der Waals surface area (Å²) in [6, 6.07) is 0. The van der Waals surface area contributed by atoms with E-state index in [-0.39, 0.29) is 0 Å². The maximum Gasteiger partial charge on any atom is 0.238 e. The molecule has 0 aromatic carbocycles. The molecule has 2 nitrogen and oxygen atoms in total. The second kappa shape index (κ2) is 1.80. The van der Waals surface area contributed by atoms with Gasteiger partial charge in [-0.3, -0.25) is 10.3 Å². The largest absolute Gasteiger partial charge is 0.291 e. The highest BCUT2D eigenvalue weighted by molar-refractivity contribution is 5.71. The van der Waals surface area contributed by atoms with Crippen LogP contribution in [0.2, 0.25) is 0 Å². The van der Waals surface area contributed by atoms with Crippen LogP contribution in [-0.4, -0.2) is 24.5 Å². The summed E-state index contributed by atoms with van der Waals surface area (Å²) in [7, 11) is 3.82. The zero-order valence-electron chi connectivity index (χ0n) is 4.52. The summed E-state index contributed by atoms with van der Waals surface area (Å²) in [5.41, 5.74) is 5.28. The predicted octanol–water partition coefficient (Wildman–Crippen LogP) is -0.364. The van der Waals surface area contributed by atoms with Gasteiger partial charge in [-0.2, -0.15) is 0 Å². The van der Waals surface area contributed by atoms with Gasteiger partial charge < -0.3 is 0 Å². The monoisotopic (exact) mass is 87.1 g/mol. The molecule has 0 atom stereocenters. The summed E-state index contributed by atoms with van der Waals surface area (Å²) in [6.07, 6.45) is 0. The molecular weight excluding hydrogens is 76.1 g/mol. The van der Waals surface area contributed by atoms with Crippen molar-refractivity contribution in [2.45, 2.75) is 6.92 Å². The second-order valence-corrected chi connectivity index (χ2v) is 1.54. The molecule has 0 aliphatic rings. The zero-order chi connectivity index (χ0) is 5.15. The van der Waals surface area contributed by atoms with Crippen LogP contribution in [0.5, 0.6) is 0 Å². The zero-order valence-corrected chi connectivity index (χ0v) is 4.52. The molecule has 2 N–H and O–H groups in total. The average Bonchev–Trinajstić information content (AvgIpc) is 1.36. The van der Waals surface area contributed by atoms with Crippen LogP contribution in [-0.2, 0) is 0 Å². The molecule has 0 spiro atoms. The summed E-state index contributed by atoms with van der Waals surface area (Å²) in [4.78, 5) is 0. The summed E-state index contributed by atoms with van der Waals surface area (Å²) in [5, 5.41) is 0. The number of nitrogens with zero attached hydrogens (tertiary/aromatic N) is 1. The first-order valence-electron chi connectivity index (χ1n) is 1.91. The van der Waals surface area contributed by atoms with Crippen LogP contribution in [0, 0.1) is 0 Å². The van der Waals surface area contributed by atoms with Crippen molar-refractivity contribution in [3.8, 4) is 0 Å². The van der Waals surface area contributed by atoms with Crippen molar-refractivity contribution < 1.29 is 4.58 Å². The maximum atomic E-state index is 5.28. The number of amidine groups is 1. The Morgan fingerprint density at radius 2 is 1.67 bits per heavy atom. The molecule has 0 radical (unpaired) electrons. The Morgan fingerprint density at radius 1 is 1.50 bits per heavy atom. The number of rotatable bonds is 0. The van der Waals surface area contributed by atoms with Crippen LogP contribution in [0.4, 0.5) is 0 Å². The number of hydrogen-bond acceptors (Lipinski definition) is 0. The lowest BCUT2D eigenvalue weighted by Crippen LogP contribution is -2.18. The van der Waals surface area contributed by atoms with Gasteiger partial charge in [-0.1, -0.05) is 0 Å². The van der Waals surface area contributed by atoms with Gasteiger partial charge in [0, 0.05) is 6.92 Å². The van der Waals surface area contributed by atoms with Gasteiger partial charge in [0.2, 0.25) is 5.84 Å². The first kappa shape index (κ1) is 5.47.